The zero-order valence-corrected chi connectivity index (χ0v) is 8.58. The van der Waals surface area contributed by atoms with E-state index in [0.717, 1.165) is 0 Å². The summed E-state index contributed by atoms with van der Waals surface area (Å²) in [5.41, 5.74) is 0.617. The molecular weight excluding hydrogens is 224 g/mol. The lowest BCUT2D eigenvalue weighted by atomic mass is 10.2. The average molecular weight is 232 g/mol. The van der Waals surface area contributed by atoms with Gasteiger partial charge in [0, 0.05) is 11.8 Å². The van der Waals surface area contributed by atoms with Gasteiger partial charge in [-0.05, 0) is 18.2 Å². The van der Waals surface area contributed by atoms with Crippen molar-refractivity contribution in [3.05, 3.63) is 47.9 Å². The average Bonchev–Trinajstić information content (AvgIpc) is 2.82. The third-order valence-electron chi connectivity index (χ3n) is 2.04. The van der Waals surface area contributed by atoms with Gasteiger partial charge in [-0.15, -0.1) is 0 Å². The van der Waals surface area contributed by atoms with Crippen LogP contribution in [0.3, 0.4) is 0 Å². The number of aromatic nitrogens is 1. The van der Waals surface area contributed by atoms with Crippen LogP contribution in [0.25, 0.3) is 0 Å². The van der Waals surface area contributed by atoms with Crippen molar-refractivity contribution < 1.29 is 19.2 Å². The number of carboxylic acid groups (broad SMARTS) is 1. The van der Waals surface area contributed by atoms with E-state index in [-0.39, 0.29) is 11.3 Å². The number of amides is 1. The molecule has 0 aliphatic rings. The van der Waals surface area contributed by atoms with E-state index < -0.39 is 11.9 Å². The van der Waals surface area contributed by atoms with E-state index in [0.29, 0.717) is 5.69 Å². The predicted molar refractivity (Wildman–Crippen MR) is 57.9 cm³/mol. The summed E-state index contributed by atoms with van der Waals surface area (Å²) in [7, 11) is 0. The first-order valence-corrected chi connectivity index (χ1v) is 4.72. The Morgan fingerprint density at radius 3 is 2.76 bits per heavy atom. The van der Waals surface area contributed by atoms with Gasteiger partial charge >= 0.3 is 5.97 Å². The Hall–Kier alpha value is -2.63. The van der Waals surface area contributed by atoms with Crippen LogP contribution in [0, 0.1) is 0 Å². The molecule has 1 heterocycles. The number of carbonyl (C=O) groups is 2. The molecule has 0 aliphatic heterocycles. The minimum Gasteiger partial charge on any atom is -0.478 e. The lowest BCUT2D eigenvalue weighted by Crippen LogP contribution is -2.12. The molecule has 0 atom stereocenters. The second kappa shape index (κ2) is 4.48. The summed E-state index contributed by atoms with van der Waals surface area (Å²) in [6.45, 7) is 0. The SMILES string of the molecule is O=C(O)c1cccc(NC(=O)c2ccon2)c1. The number of aromatic carboxylic acids is 1. The second-order valence-electron chi connectivity index (χ2n) is 3.22. The van der Waals surface area contributed by atoms with E-state index in [9.17, 15) is 9.59 Å². The molecule has 17 heavy (non-hydrogen) atoms. The minimum absolute atomic E-state index is 0.1000. The van der Waals surface area contributed by atoms with Crippen molar-refractivity contribution in [1.82, 2.24) is 5.16 Å². The quantitative estimate of drug-likeness (QED) is 0.838. The molecular formula is C11H8N2O4. The molecule has 0 saturated heterocycles. The van der Waals surface area contributed by atoms with E-state index in [4.69, 9.17) is 5.11 Å². The van der Waals surface area contributed by atoms with Crippen molar-refractivity contribution in [1.29, 1.82) is 0 Å². The summed E-state index contributed by atoms with van der Waals surface area (Å²) in [5, 5.41) is 14.8. The van der Waals surface area contributed by atoms with Gasteiger partial charge in [-0.2, -0.15) is 0 Å². The molecule has 0 spiro atoms. The van der Waals surface area contributed by atoms with Crippen LogP contribution in [0.1, 0.15) is 20.8 Å². The topological polar surface area (TPSA) is 92.4 Å². The highest BCUT2D eigenvalue weighted by atomic mass is 16.5. The molecule has 6 heteroatoms. The highest BCUT2D eigenvalue weighted by Gasteiger charge is 2.10. The van der Waals surface area contributed by atoms with Crippen LogP contribution in [0.2, 0.25) is 0 Å². The third kappa shape index (κ3) is 2.49. The number of anilines is 1. The molecule has 0 saturated carbocycles. The van der Waals surface area contributed by atoms with E-state index in [1.54, 1.807) is 12.1 Å². The molecule has 1 amide bonds. The number of nitrogens with zero attached hydrogens (tertiary/aromatic N) is 1. The molecule has 0 radical (unpaired) electrons. The lowest BCUT2D eigenvalue weighted by Gasteiger charge is -2.03. The second-order valence-corrected chi connectivity index (χ2v) is 3.22. The summed E-state index contributed by atoms with van der Waals surface area (Å²) in [6, 6.07) is 7.34. The van der Waals surface area contributed by atoms with Gasteiger partial charge in [0.25, 0.3) is 5.91 Å². The Morgan fingerprint density at radius 2 is 2.12 bits per heavy atom. The van der Waals surface area contributed by atoms with Crippen LogP contribution < -0.4 is 5.32 Å². The van der Waals surface area contributed by atoms with Crippen molar-refractivity contribution in [2.45, 2.75) is 0 Å². The van der Waals surface area contributed by atoms with Crippen LogP contribution in [-0.2, 0) is 0 Å². The van der Waals surface area contributed by atoms with Crippen molar-refractivity contribution in [2.24, 2.45) is 0 Å². The monoisotopic (exact) mass is 232 g/mol. The van der Waals surface area contributed by atoms with Gasteiger partial charge in [0.05, 0.1) is 5.56 Å². The summed E-state index contributed by atoms with van der Waals surface area (Å²) in [5.74, 6) is -1.51. The van der Waals surface area contributed by atoms with Gasteiger partial charge in [0.15, 0.2) is 5.69 Å². The zero-order chi connectivity index (χ0) is 12.3. The molecule has 2 rings (SSSR count). The zero-order valence-electron chi connectivity index (χ0n) is 8.58. The van der Waals surface area contributed by atoms with Gasteiger partial charge in [-0.3, -0.25) is 4.79 Å². The smallest absolute Gasteiger partial charge is 0.335 e. The van der Waals surface area contributed by atoms with E-state index in [1.807, 2.05) is 0 Å². The molecule has 1 aromatic carbocycles. The first kappa shape index (κ1) is 10.9. The normalized spacial score (nSPS) is 9.88. The number of nitrogens with one attached hydrogen (secondary N) is 1. The maximum atomic E-state index is 11.6. The molecule has 0 fully saturated rings. The fraction of sp³-hybridized carbons (Fsp3) is 0. The maximum Gasteiger partial charge on any atom is 0.335 e. The van der Waals surface area contributed by atoms with Gasteiger partial charge in [0.2, 0.25) is 0 Å². The van der Waals surface area contributed by atoms with Crippen molar-refractivity contribution in [2.75, 3.05) is 5.32 Å². The molecule has 0 aliphatic carbocycles. The van der Waals surface area contributed by atoms with Crippen LogP contribution >= 0.6 is 0 Å². The molecule has 86 valence electrons. The number of carbonyl (C=O) groups excluding carboxylic acids is 1. The molecule has 1 aromatic heterocycles. The Morgan fingerprint density at radius 1 is 1.29 bits per heavy atom. The Labute approximate surface area is 95.9 Å². The van der Waals surface area contributed by atoms with E-state index >= 15 is 0 Å². The lowest BCUT2D eigenvalue weighted by molar-refractivity contribution is 0.0696. The molecule has 0 bridgehead atoms. The summed E-state index contributed by atoms with van der Waals surface area (Å²) in [6.07, 6.45) is 1.28. The van der Waals surface area contributed by atoms with Crippen LogP contribution in [0.5, 0.6) is 0 Å². The van der Waals surface area contributed by atoms with Crippen molar-refractivity contribution >= 4 is 17.6 Å². The highest BCUT2D eigenvalue weighted by molar-refractivity contribution is 6.03. The van der Waals surface area contributed by atoms with E-state index in [2.05, 4.69) is 15.0 Å². The fourth-order valence-electron chi connectivity index (χ4n) is 1.25. The Balaban J connectivity index is 2.16. The Bertz CT molecular complexity index is 548. The van der Waals surface area contributed by atoms with Crippen molar-refractivity contribution in [3.63, 3.8) is 0 Å². The summed E-state index contributed by atoms with van der Waals surface area (Å²) < 4.78 is 4.53. The molecule has 0 unspecified atom stereocenters. The fourth-order valence-corrected chi connectivity index (χ4v) is 1.25. The predicted octanol–water partition coefficient (Wildman–Crippen LogP) is 1.63. The van der Waals surface area contributed by atoms with Crippen LogP contribution in [0.4, 0.5) is 5.69 Å². The number of hydrogen-bond donors (Lipinski definition) is 2. The molecule has 2 N–H and O–H groups in total. The molecule has 2 aromatic rings. The van der Waals surface area contributed by atoms with Gasteiger partial charge < -0.3 is 14.9 Å². The van der Waals surface area contributed by atoms with Crippen LogP contribution in [-0.4, -0.2) is 22.1 Å². The van der Waals surface area contributed by atoms with E-state index in [1.165, 1.54) is 24.5 Å². The number of benzene rings is 1. The highest BCUT2D eigenvalue weighted by Crippen LogP contribution is 2.11. The van der Waals surface area contributed by atoms with Gasteiger partial charge in [-0.25, -0.2) is 4.79 Å². The Kier molecular flexibility index (Phi) is 2.87. The number of rotatable bonds is 3. The summed E-state index contributed by atoms with van der Waals surface area (Å²) in [4.78, 5) is 22.3. The largest absolute Gasteiger partial charge is 0.478 e. The van der Waals surface area contributed by atoms with Crippen LogP contribution in [0.15, 0.2) is 41.1 Å². The van der Waals surface area contributed by atoms with Crippen molar-refractivity contribution in [3.8, 4) is 0 Å². The van der Waals surface area contributed by atoms with Gasteiger partial charge in [0.1, 0.15) is 6.26 Å². The summed E-state index contributed by atoms with van der Waals surface area (Å²) >= 11 is 0. The third-order valence-corrected chi connectivity index (χ3v) is 2.04. The maximum absolute atomic E-state index is 11.6. The standard InChI is InChI=1S/C11H8N2O4/c14-10(9-4-5-17-13-9)12-8-3-1-2-7(6-8)11(15)16/h1-6H,(H,12,14)(H,15,16). The first-order valence-electron chi connectivity index (χ1n) is 4.72. The molecule has 6 nitrogen and oxygen atoms in total. The van der Waals surface area contributed by atoms with Gasteiger partial charge in [-0.1, -0.05) is 11.2 Å². The number of hydrogen-bond acceptors (Lipinski definition) is 4. The first-order chi connectivity index (χ1) is 8.16. The number of carboxylic acids is 1. The minimum atomic E-state index is -1.05.